The van der Waals surface area contributed by atoms with Gasteiger partial charge >= 0.3 is 17.9 Å². The molecule has 0 bridgehead atoms. The predicted molar refractivity (Wildman–Crippen MR) is 146 cm³/mol. The molecule has 2 saturated heterocycles. The zero-order valence-corrected chi connectivity index (χ0v) is 23.6. The van der Waals surface area contributed by atoms with E-state index in [1.807, 2.05) is 13.8 Å². The van der Waals surface area contributed by atoms with Gasteiger partial charge in [0.25, 0.3) is 11.8 Å². The molecule has 0 spiro atoms. The maximum atomic E-state index is 12.9. The Hall–Kier alpha value is -4.09. The lowest BCUT2D eigenvalue weighted by atomic mass is 9.84. The van der Waals surface area contributed by atoms with Gasteiger partial charge in [0.2, 0.25) is 0 Å². The summed E-state index contributed by atoms with van der Waals surface area (Å²) in [5.41, 5.74) is 0.782. The number of rotatable bonds is 12. The summed E-state index contributed by atoms with van der Waals surface area (Å²) in [5.74, 6) is -3.14. The quantitative estimate of drug-likeness (QED) is 0.207. The third kappa shape index (κ3) is 8.01. The van der Waals surface area contributed by atoms with Crippen LogP contribution in [-0.4, -0.2) is 66.5 Å². The van der Waals surface area contributed by atoms with Crippen molar-refractivity contribution < 1.29 is 47.8 Å². The SMILES string of the molecule is CC1C(OCCCCC(=O)ON2C(=O)CCC2=O)OC(COC(=O)c2ccccc2)C(OC(=O)c2ccccc2)C1C. The lowest BCUT2D eigenvalue weighted by Gasteiger charge is -2.43. The number of hydrogen-bond donors (Lipinski definition) is 0. The molecule has 42 heavy (non-hydrogen) atoms. The molecule has 11 nitrogen and oxygen atoms in total. The summed E-state index contributed by atoms with van der Waals surface area (Å²) in [6.45, 7) is 3.94. The Kier molecular flexibility index (Phi) is 10.8. The summed E-state index contributed by atoms with van der Waals surface area (Å²) >= 11 is 0. The minimum absolute atomic E-state index is 0.00742. The lowest BCUT2D eigenvalue weighted by molar-refractivity contribution is -0.268. The van der Waals surface area contributed by atoms with Gasteiger partial charge in [-0.3, -0.25) is 9.59 Å². The summed E-state index contributed by atoms with van der Waals surface area (Å²) in [5, 5.41) is 0.531. The highest BCUT2D eigenvalue weighted by atomic mass is 16.7. The number of hydrogen-bond acceptors (Lipinski definition) is 10. The number of benzene rings is 2. The number of carbonyl (C=O) groups is 5. The molecule has 2 heterocycles. The van der Waals surface area contributed by atoms with Crippen LogP contribution in [-0.2, 0) is 38.2 Å². The largest absolute Gasteiger partial charge is 0.459 e. The van der Waals surface area contributed by atoms with Crippen LogP contribution in [0.1, 0.15) is 66.7 Å². The molecule has 0 aromatic heterocycles. The van der Waals surface area contributed by atoms with E-state index in [9.17, 15) is 24.0 Å². The molecule has 5 atom stereocenters. The van der Waals surface area contributed by atoms with Gasteiger partial charge < -0.3 is 23.8 Å². The van der Waals surface area contributed by atoms with Gasteiger partial charge in [-0.05, 0) is 37.1 Å². The van der Waals surface area contributed by atoms with E-state index < -0.39 is 48.2 Å². The van der Waals surface area contributed by atoms with Crippen LogP contribution in [0.3, 0.4) is 0 Å². The molecule has 4 rings (SSSR count). The Bertz CT molecular complexity index is 1230. The molecular weight excluding hydrogens is 546 g/mol. The second kappa shape index (κ2) is 14.7. The van der Waals surface area contributed by atoms with E-state index in [-0.39, 0.29) is 44.3 Å². The zero-order valence-electron chi connectivity index (χ0n) is 23.6. The summed E-state index contributed by atoms with van der Waals surface area (Å²) in [6, 6.07) is 17.2. The fourth-order valence-electron chi connectivity index (χ4n) is 4.73. The van der Waals surface area contributed by atoms with E-state index >= 15 is 0 Å². The fourth-order valence-corrected chi connectivity index (χ4v) is 4.73. The van der Waals surface area contributed by atoms with Crippen molar-refractivity contribution in [2.45, 2.75) is 64.4 Å². The molecule has 2 amide bonds. The Morgan fingerprint density at radius 3 is 2.05 bits per heavy atom. The first kappa shape index (κ1) is 30.9. The Balaban J connectivity index is 1.32. The number of carbonyl (C=O) groups excluding carboxylic acids is 5. The van der Waals surface area contributed by atoms with Gasteiger partial charge in [-0.25, -0.2) is 14.4 Å². The van der Waals surface area contributed by atoms with E-state index in [1.54, 1.807) is 60.7 Å². The highest BCUT2D eigenvalue weighted by Crippen LogP contribution is 2.34. The standard InChI is InChI=1S/C31H35NO10/c1-20-21(2)31(38-18-10-9-15-27(35)42-32-25(33)16-17-26(32)34)40-24(19-39-29(36)22-11-5-3-6-12-22)28(20)41-30(37)23-13-7-4-8-14-23/h3-8,11-14,20-21,24,28,31H,9-10,15-19H2,1-2H3. The van der Waals surface area contributed by atoms with Crippen molar-refractivity contribution in [3.05, 3.63) is 71.8 Å². The predicted octanol–water partition coefficient (Wildman–Crippen LogP) is 3.86. The lowest BCUT2D eigenvalue weighted by Crippen LogP contribution is -2.53. The third-order valence-electron chi connectivity index (χ3n) is 7.35. The van der Waals surface area contributed by atoms with E-state index in [1.165, 1.54) is 0 Å². The molecule has 2 fully saturated rings. The van der Waals surface area contributed by atoms with Crippen LogP contribution in [0.25, 0.3) is 0 Å². The van der Waals surface area contributed by atoms with Crippen LogP contribution >= 0.6 is 0 Å². The first-order valence-corrected chi connectivity index (χ1v) is 14.1. The molecule has 0 aliphatic carbocycles. The number of nitrogens with zero attached hydrogens (tertiary/aromatic N) is 1. The van der Waals surface area contributed by atoms with Crippen molar-refractivity contribution >= 4 is 29.7 Å². The minimum Gasteiger partial charge on any atom is -0.459 e. The second-order valence-electron chi connectivity index (χ2n) is 10.3. The van der Waals surface area contributed by atoms with Crippen LogP contribution in [0.4, 0.5) is 0 Å². The van der Waals surface area contributed by atoms with Gasteiger partial charge in [0, 0.05) is 37.7 Å². The van der Waals surface area contributed by atoms with Crippen molar-refractivity contribution in [1.82, 2.24) is 5.06 Å². The van der Waals surface area contributed by atoms with Crippen molar-refractivity contribution in [2.75, 3.05) is 13.2 Å². The highest BCUT2D eigenvalue weighted by Gasteiger charge is 2.45. The first-order valence-electron chi connectivity index (χ1n) is 14.1. The number of hydroxylamine groups is 2. The normalized spacial score (nSPS) is 23.9. The van der Waals surface area contributed by atoms with Crippen LogP contribution in [0.5, 0.6) is 0 Å². The van der Waals surface area contributed by atoms with Gasteiger partial charge in [0.1, 0.15) is 18.8 Å². The van der Waals surface area contributed by atoms with Crippen LogP contribution in [0.2, 0.25) is 0 Å². The average molecular weight is 582 g/mol. The van der Waals surface area contributed by atoms with Crippen molar-refractivity contribution in [3.63, 3.8) is 0 Å². The number of unbranched alkanes of at least 4 members (excludes halogenated alkanes) is 1. The molecule has 0 N–H and O–H groups in total. The Labute approximate surface area is 243 Å². The molecule has 224 valence electrons. The number of imide groups is 1. The van der Waals surface area contributed by atoms with Gasteiger partial charge in [-0.2, -0.15) is 0 Å². The maximum Gasteiger partial charge on any atom is 0.338 e. The molecule has 11 heteroatoms. The van der Waals surface area contributed by atoms with E-state index in [0.29, 0.717) is 29.0 Å². The van der Waals surface area contributed by atoms with E-state index in [4.69, 9.17) is 23.8 Å². The fraction of sp³-hybridized carbons (Fsp3) is 0.452. The van der Waals surface area contributed by atoms with Gasteiger partial charge in [-0.15, -0.1) is 5.06 Å². The van der Waals surface area contributed by atoms with E-state index in [2.05, 4.69) is 0 Å². The van der Waals surface area contributed by atoms with Crippen LogP contribution in [0, 0.1) is 11.8 Å². The molecule has 0 saturated carbocycles. The smallest absolute Gasteiger partial charge is 0.338 e. The molecule has 2 aliphatic rings. The monoisotopic (exact) mass is 581 g/mol. The highest BCUT2D eigenvalue weighted by molar-refractivity contribution is 6.01. The van der Waals surface area contributed by atoms with Crippen molar-refractivity contribution in [1.29, 1.82) is 0 Å². The summed E-state index contributed by atoms with van der Waals surface area (Å²) in [6.07, 6.45) is -1.20. The third-order valence-corrected chi connectivity index (χ3v) is 7.35. The summed E-state index contributed by atoms with van der Waals surface area (Å²) < 4.78 is 23.6. The van der Waals surface area contributed by atoms with Crippen LogP contribution < -0.4 is 0 Å². The maximum absolute atomic E-state index is 12.9. The molecule has 2 aromatic carbocycles. The number of amides is 2. The number of ether oxygens (including phenoxy) is 4. The van der Waals surface area contributed by atoms with E-state index in [0.717, 1.165) is 0 Å². The Morgan fingerprint density at radius 2 is 1.43 bits per heavy atom. The molecule has 0 radical (unpaired) electrons. The first-order chi connectivity index (χ1) is 20.2. The summed E-state index contributed by atoms with van der Waals surface area (Å²) in [7, 11) is 0. The van der Waals surface area contributed by atoms with Crippen LogP contribution in [0.15, 0.2) is 60.7 Å². The zero-order chi connectivity index (χ0) is 30.1. The molecule has 5 unspecified atom stereocenters. The van der Waals surface area contributed by atoms with Gasteiger partial charge in [0.05, 0.1) is 11.1 Å². The number of esters is 2. The molecule has 2 aromatic rings. The van der Waals surface area contributed by atoms with Gasteiger partial charge in [0.15, 0.2) is 6.29 Å². The minimum atomic E-state index is -0.785. The summed E-state index contributed by atoms with van der Waals surface area (Å²) in [4.78, 5) is 65.6. The average Bonchev–Trinajstić information content (AvgIpc) is 3.32. The van der Waals surface area contributed by atoms with Crippen molar-refractivity contribution in [2.24, 2.45) is 11.8 Å². The molecular formula is C31H35NO10. The Morgan fingerprint density at radius 1 is 0.833 bits per heavy atom. The second-order valence-corrected chi connectivity index (χ2v) is 10.3. The van der Waals surface area contributed by atoms with Crippen molar-refractivity contribution in [3.8, 4) is 0 Å². The topological polar surface area (TPSA) is 135 Å². The molecule has 2 aliphatic heterocycles. The van der Waals surface area contributed by atoms with Gasteiger partial charge in [-0.1, -0.05) is 50.2 Å².